The summed E-state index contributed by atoms with van der Waals surface area (Å²) in [7, 11) is 0. The van der Waals surface area contributed by atoms with E-state index in [1.165, 1.54) is 32.4 Å². The predicted octanol–water partition coefficient (Wildman–Crippen LogP) is 4.40. The third-order valence-corrected chi connectivity index (χ3v) is 4.99. The van der Waals surface area contributed by atoms with Crippen LogP contribution < -0.4 is 4.74 Å². The van der Waals surface area contributed by atoms with E-state index in [0.717, 1.165) is 34.9 Å². The normalized spacial score (nSPS) is 15.6. The maximum Gasteiger partial charge on any atom is 0.233 e. The molecule has 0 radical (unpaired) electrons. The van der Waals surface area contributed by atoms with E-state index in [-0.39, 0.29) is 0 Å². The largest absolute Gasteiger partial charge is 0.477 e. The van der Waals surface area contributed by atoms with Crippen molar-refractivity contribution >= 4 is 11.6 Å². The third-order valence-electron chi connectivity index (χ3n) is 4.57. The van der Waals surface area contributed by atoms with Crippen LogP contribution in [0, 0.1) is 13.8 Å². The first-order valence-electron chi connectivity index (χ1n) is 8.82. The van der Waals surface area contributed by atoms with Gasteiger partial charge >= 0.3 is 0 Å². The summed E-state index contributed by atoms with van der Waals surface area (Å²) in [5.41, 5.74) is 3.12. The number of piperidine rings is 1. The van der Waals surface area contributed by atoms with Gasteiger partial charge in [0, 0.05) is 23.3 Å². The monoisotopic (exact) mass is 347 g/mol. The number of benzene rings is 1. The Bertz CT molecular complexity index is 677. The second kappa shape index (κ2) is 8.04. The van der Waals surface area contributed by atoms with Crippen LogP contribution in [0.2, 0.25) is 5.02 Å². The van der Waals surface area contributed by atoms with Crippen molar-refractivity contribution < 1.29 is 4.74 Å². The first-order valence-corrected chi connectivity index (χ1v) is 9.19. The summed E-state index contributed by atoms with van der Waals surface area (Å²) in [5.74, 6) is 0.693. The quantitative estimate of drug-likeness (QED) is 0.726. The molecule has 0 N–H and O–H groups in total. The highest BCUT2D eigenvalue weighted by Gasteiger charge is 2.11. The van der Waals surface area contributed by atoms with E-state index in [0.29, 0.717) is 12.5 Å². The van der Waals surface area contributed by atoms with Gasteiger partial charge in [0.05, 0.1) is 12.3 Å². The van der Waals surface area contributed by atoms with Gasteiger partial charge in [0.1, 0.15) is 0 Å². The molecule has 1 aliphatic heterocycles. The summed E-state index contributed by atoms with van der Waals surface area (Å²) in [4.78, 5) is 2.53. The lowest BCUT2D eigenvalue weighted by molar-refractivity contribution is 0.203. The van der Waals surface area contributed by atoms with E-state index in [2.05, 4.69) is 10.00 Å². The van der Waals surface area contributed by atoms with Crippen molar-refractivity contribution in [1.82, 2.24) is 14.7 Å². The molecule has 1 fully saturated rings. The lowest BCUT2D eigenvalue weighted by Crippen LogP contribution is -2.31. The van der Waals surface area contributed by atoms with Crippen LogP contribution in [0.5, 0.6) is 5.88 Å². The fourth-order valence-corrected chi connectivity index (χ4v) is 3.30. The molecule has 0 spiro atoms. The van der Waals surface area contributed by atoms with Gasteiger partial charge in [0.25, 0.3) is 0 Å². The van der Waals surface area contributed by atoms with Crippen LogP contribution in [0.1, 0.15) is 36.9 Å². The van der Waals surface area contributed by atoms with Gasteiger partial charge in [-0.2, -0.15) is 0 Å². The number of hydrogen-bond donors (Lipinski definition) is 0. The molecule has 4 nitrogen and oxygen atoms in total. The molecule has 130 valence electrons. The standard InChI is InChI=1S/C19H26ClN3O/c1-15-13-17(7-8-18(15)20)23-16(2)14-19(21-23)24-12-6-11-22-9-4-3-5-10-22/h7-8,13-14H,3-6,9-12H2,1-2H3. The Balaban J connectivity index is 1.54. The second-order valence-electron chi connectivity index (χ2n) is 6.57. The minimum absolute atomic E-state index is 0.693. The Kier molecular flexibility index (Phi) is 5.80. The number of aryl methyl sites for hydroxylation is 2. The van der Waals surface area contributed by atoms with Gasteiger partial charge in [0.15, 0.2) is 0 Å². The molecule has 2 heterocycles. The van der Waals surface area contributed by atoms with Crippen LogP contribution >= 0.6 is 11.6 Å². The Morgan fingerprint density at radius 3 is 2.67 bits per heavy atom. The number of likely N-dealkylation sites (tertiary alicyclic amines) is 1. The molecule has 0 bridgehead atoms. The molecule has 5 heteroatoms. The summed E-state index contributed by atoms with van der Waals surface area (Å²) in [6, 6.07) is 7.93. The molecular weight excluding hydrogens is 322 g/mol. The Hall–Kier alpha value is -1.52. The van der Waals surface area contributed by atoms with Crippen LogP contribution in [-0.2, 0) is 0 Å². The van der Waals surface area contributed by atoms with Gasteiger partial charge in [-0.1, -0.05) is 18.0 Å². The molecule has 0 amide bonds. The minimum atomic E-state index is 0.693. The van der Waals surface area contributed by atoms with Crippen molar-refractivity contribution in [3.63, 3.8) is 0 Å². The van der Waals surface area contributed by atoms with Crippen molar-refractivity contribution in [3.8, 4) is 11.6 Å². The third kappa shape index (κ3) is 4.31. The Morgan fingerprint density at radius 2 is 1.92 bits per heavy atom. The van der Waals surface area contributed by atoms with E-state index >= 15 is 0 Å². The molecule has 3 rings (SSSR count). The molecule has 1 aromatic carbocycles. The van der Waals surface area contributed by atoms with Crippen LogP contribution in [0.25, 0.3) is 5.69 Å². The summed E-state index contributed by atoms with van der Waals surface area (Å²) in [6.45, 7) is 8.36. The Labute approximate surface area is 149 Å². The smallest absolute Gasteiger partial charge is 0.233 e. The molecule has 2 aromatic rings. The molecule has 0 aliphatic carbocycles. The second-order valence-corrected chi connectivity index (χ2v) is 6.98. The average molecular weight is 348 g/mol. The number of aromatic nitrogens is 2. The van der Waals surface area contributed by atoms with E-state index < -0.39 is 0 Å². The topological polar surface area (TPSA) is 30.3 Å². The zero-order chi connectivity index (χ0) is 16.9. The fraction of sp³-hybridized carbons (Fsp3) is 0.526. The van der Waals surface area contributed by atoms with Crippen molar-refractivity contribution in [2.75, 3.05) is 26.2 Å². The van der Waals surface area contributed by atoms with E-state index in [4.69, 9.17) is 16.3 Å². The highest BCUT2D eigenvalue weighted by Crippen LogP contribution is 2.22. The molecular formula is C19H26ClN3O. The van der Waals surface area contributed by atoms with Crippen LogP contribution in [0.4, 0.5) is 0 Å². The van der Waals surface area contributed by atoms with Crippen LogP contribution in [0.15, 0.2) is 24.3 Å². The molecule has 0 atom stereocenters. The number of halogens is 1. The van der Waals surface area contributed by atoms with Gasteiger partial charge in [-0.3, -0.25) is 0 Å². The van der Waals surface area contributed by atoms with Crippen molar-refractivity contribution in [1.29, 1.82) is 0 Å². The maximum atomic E-state index is 6.10. The van der Waals surface area contributed by atoms with E-state index in [9.17, 15) is 0 Å². The molecule has 1 aliphatic rings. The fourth-order valence-electron chi connectivity index (χ4n) is 3.19. The van der Waals surface area contributed by atoms with Gasteiger partial charge < -0.3 is 9.64 Å². The molecule has 24 heavy (non-hydrogen) atoms. The summed E-state index contributed by atoms with van der Waals surface area (Å²) >= 11 is 6.10. The minimum Gasteiger partial charge on any atom is -0.477 e. The van der Waals surface area contributed by atoms with Crippen molar-refractivity contribution in [2.24, 2.45) is 0 Å². The number of ether oxygens (including phenoxy) is 1. The van der Waals surface area contributed by atoms with E-state index in [1.54, 1.807) is 0 Å². The SMILES string of the molecule is Cc1cc(-n2nc(OCCCN3CCCCC3)cc2C)ccc1Cl. The van der Waals surface area contributed by atoms with E-state index in [1.807, 2.05) is 42.8 Å². The first-order chi connectivity index (χ1) is 11.6. The first kappa shape index (κ1) is 17.3. The maximum absolute atomic E-state index is 6.10. The lowest BCUT2D eigenvalue weighted by Gasteiger charge is -2.26. The van der Waals surface area contributed by atoms with Crippen LogP contribution in [-0.4, -0.2) is 40.9 Å². The number of hydrogen-bond acceptors (Lipinski definition) is 3. The predicted molar refractivity (Wildman–Crippen MR) is 98.5 cm³/mol. The summed E-state index contributed by atoms with van der Waals surface area (Å²) in [6.07, 6.45) is 5.11. The zero-order valence-corrected chi connectivity index (χ0v) is 15.4. The number of nitrogens with zero attached hydrogens (tertiary/aromatic N) is 3. The molecule has 0 unspecified atom stereocenters. The van der Waals surface area contributed by atoms with Crippen molar-refractivity contribution in [3.05, 3.63) is 40.5 Å². The van der Waals surface area contributed by atoms with Crippen LogP contribution in [0.3, 0.4) is 0 Å². The van der Waals surface area contributed by atoms with Crippen molar-refractivity contribution in [2.45, 2.75) is 39.5 Å². The van der Waals surface area contributed by atoms with Gasteiger partial charge in [-0.05, 0) is 70.0 Å². The summed E-state index contributed by atoms with van der Waals surface area (Å²) < 4.78 is 7.76. The highest BCUT2D eigenvalue weighted by molar-refractivity contribution is 6.31. The Morgan fingerprint density at radius 1 is 1.12 bits per heavy atom. The number of rotatable bonds is 6. The summed E-state index contributed by atoms with van der Waals surface area (Å²) in [5, 5.41) is 5.35. The van der Waals surface area contributed by atoms with Gasteiger partial charge in [0.2, 0.25) is 5.88 Å². The van der Waals surface area contributed by atoms with Gasteiger partial charge in [-0.15, -0.1) is 5.10 Å². The zero-order valence-electron chi connectivity index (χ0n) is 14.6. The molecule has 1 aromatic heterocycles. The highest BCUT2D eigenvalue weighted by atomic mass is 35.5. The molecule has 1 saturated heterocycles. The van der Waals surface area contributed by atoms with Gasteiger partial charge in [-0.25, -0.2) is 4.68 Å². The average Bonchev–Trinajstić information content (AvgIpc) is 2.96. The molecule has 0 saturated carbocycles. The lowest BCUT2D eigenvalue weighted by atomic mass is 10.1.